The van der Waals surface area contributed by atoms with Crippen LogP contribution in [0, 0.1) is 31.3 Å². The lowest BCUT2D eigenvalue weighted by atomic mass is 9.85. The molecule has 0 fully saturated rings. The molecule has 0 amide bonds. The quantitative estimate of drug-likeness (QED) is 0.258. The van der Waals surface area contributed by atoms with Crippen LogP contribution in [-0.2, 0) is 17.6 Å². The maximum Gasteiger partial charge on any atom is 0.141 e. The second-order valence-corrected chi connectivity index (χ2v) is 9.47. The lowest BCUT2D eigenvalue weighted by molar-refractivity contribution is -0.118. The molecule has 2 heterocycles. The molecule has 5 rings (SSSR count). The summed E-state index contributed by atoms with van der Waals surface area (Å²) in [6, 6.07) is 11.7. The van der Waals surface area contributed by atoms with E-state index < -0.39 is 17.6 Å². The molecular weight excluding hydrogens is 477 g/mol. The molecule has 0 aliphatic heterocycles. The summed E-state index contributed by atoms with van der Waals surface area (Å²) < 4.78 is 47.3. The standard InChI is InChI=1S/C30H25F3N2O2/c1-17-29(18(2)37-35-17)27-4-3-9-34-30(27)22(10-19-11-24(32)15-25(33)12-19)14-26(36)13-21-6-5-20-7-8-23(31)16-28(20)21/h3-4,6-9,11-12,15-16,22H,5,10,13-14H2,1-2H3/t22-/m1/s1. The van der Waals surface area contributed by atoms with E-state index in [1.54, 1.807) is 25.3 Å². The molecule has 2 aromatic heterocycles. The van der Waals surface area contributed by atoms with E-state index in [0.29, 0.717) is 29.1 Å². The average Bonchev–Trinajstić information content (AvgIpc) is 3.39. The van der Waals surface area contributed by atoms with E-state index in [4.69, 9.17) is 4.52 Å². The largest absolute Gasteiger partial charge is 0.361 e. The van der Waals surface area contributed by atoms with E-state index in [-0.39, 0.29) is 30.9 Å². The summed E-state index contributed by atoms with van der Waals surface area (Å²) in [6.07, 6.45) is 4.68. The average molecular weight is 503 g/mol. The van der Waals surface area contributed by atoms with Crippen molar-refractivity contribution >= 4 is 11.4 Å². The minimum Gasteiger partial charge on any atom is -0.361 e. The highest BCUT2D eigenvalue weighted by Crippen LogP contribution is 2.37. The lowest BCUT2D eigenvalue weighted by Crippen LogP contribution is -2.13. The normalized spacial score (nSPS) is 13.4. The highest BCUT2D eigenvalue weighted by Gasteiger charge is 2.26. The van der Waals surface area contributed by atoms with Gasteiger partial charge < -0.3 is 4.52 Å². The number of allylic oxidation sites excluding steroid dienone is 2. The summed E-state index contributed by atoms with van der Waals surface area (Å²) in [7, 11) is 0. The van der Waals surface area contributed by atoms with E-state index in [9.17, 15) is 18.0 Å². The first-order valence-corrected chi connectivity index (χ1v) is 12.1. The SMILES string of the molecule is Cc1noc(C)c1-c1cccnc1[C@@H](CC(=O)CC1=CCc2ccc(F)cc21)Cc1cc(F)cc(F)c1. The number of halogens is 3. The van der Waals surface area contributed by atoms with Gasteiger partial charge in [-0.05, 0) is 79.3 Å². The van der Waals surface area contributed by atoms with Gasteiger partial charge in [-0.15, -0.1) is 0 Å². The topological polar surface area (TPSA) is 56.0 Å². The van der Waals surface area contributed by atoms with Gasteiger partial charge in [0.1, 0.15) is 29.0 Å². The maximum absolute atomic E-state index is 14.0. The third-order valence-corrected chi connectivity index (χ3v) is 6.78. The second kappa shape index (κ2) is 10.2. The molecule has 0 saturated carbocycles. The Hall–Kier alpha value is -4.00. The number of fused-ring (bicyclic) bond motifs is 1. The smallest absolute Gasteiger partial charge is 0.141 e. The molecule has 0 saturated heterocycles. The summed E-state index contributed by atoms with van der Waals surface area (Å²) in [5, 5.41) is 4.05. The molecule has 4 nitrogen and oxygen atoms in total. The monoisotopic (exact) mass is 502 g/mol. The maximum atomic E-state index is 14.0. The van der Waals surface area contributed by atoms with Gasteiger partial charge in [-0.2, -0.15) is 0 Å². The van der Waals surface area contributed by atoms with Crippen molar-refractivity contribution in [1.29, 1.82) is 0 Å². The van der Waals surface area contributed by atoms with Gasteiger partial charge in [0.15, 0.2) is 0 Å². The Morgan fingerprint density at radius 1 is 1.00 bits per heavy atom. The Kier molecular flexibility index (Phi) is 6.78. The van der Waals surface area contributed by atoms with Gasteiger partial charge in [-0.1, -0.05) is 23.4 Å². The highest BCUT2D eigenvalue weighted by molar-refractivity contribution is 5.92. The zero-order chi connectivity index (χ0) is 26.1. The lowest BCUT2D eigenvalue weighted by Gasteiger charge is -2.20. The van der Waals surface area contributed by atoms with Gasteiger partial charge in [-0.25, -0.2) is 13.2 Å². The van der Waals surface area contributed by atoms with E-state index in [0.717, 1.165) is 33.9 Å². The zero-order valence-corrected chi connectivity index (χ0v) is 20.5. The molecule has 37 heavy (non-hydrogen) atoms. The molecular formula is C30H25F3N2O2. The Labute approximate surface area is 212 Å². The first-order chi connectivity index (χ1) is 17.8. The fourth-order valence-electron chi connectivity index (χ4n) is 5.20. The van der Waals surface area contributed by atoms with Crippen LogP contribution in [0.15, 0.2) is 65.3 Å². The van der Waals surface area contributed by atoms with Crippen LogP contribution in [0.4, 0.5) is 13.2 Å². The number of nitrogens with zero attached hydrogens (tertiary/aromatic N) is 2. The number of Topliss-reactive ketones (excluding diaryl/α,β-unsaturated/α-hetero) is 1. The Balaban J connectivity index is 1.49. The van der Waals surface area contributed by atoms with Gasteiger partial charge in [-0.3, -0.25) is 9.78 Å². The molecule has 4 aromatic rings. The molecule has 1 aliphatic carbocycles. The van der Waals surface area contributed by atoms with Crippen molar-refractivity contribution in [2.75, 3.05) is 0 Å². The number of rotatable bonds is 8. The zero-order valence-electron chi connectivity index (χ0n) is 20.5. The van der Waals surface area contributed by atoms with Crippen molar-refractivity contribution in [2.24, 2.45) is 0 Å². The molecule has 1 aliphatic rings. The molecule has 0 radical (unpaired) electrons. The van der Waals surface area contributed by atoms with Crippen LogP contribution in [0.3, 0.4) is 0 Å². The number of aryl methyl sites for hydroxylation is 2. The van der Waals surface area contributed by atoms with Crippen molar-refractivity contribution in [1.82, 2.24) is 10.1 Å². The van der Waals surface area contributed by atoms with E-state index in [1.807, 2.05) is 19.1 Å². The fraction of sp³-hybridized carbons (Fsp3) is 0.233. The predicted octanol–water partition coefficient (Wildman–Crippen LogP) is 7.09. The number of hydrogen-bond donors (Lipinski definition) is 0. The van der Waals surface area contributed by atoms with Gasteiger partial charge >= 0.3 is 0 Å². The van der Waals surface area contributed by atoms with Crippen molar-refractivity contribution in [3.63, 3.8) is 0 Å². The summed E-state index contributed by atoms with van der Waals surface area (Å²) in [4.78, 5) is 18.0. The molecule has 0 unspecified atom stereocenters. The summed E-state index contributed by atoms with van der Waals surface area (Å²) >= 11 is 0. The molecule has 7 heteroatoms. The Bertz CT molecular complexity index is 1480. The van der Waals surface area contributed by atoms with Gasteiger partial charge in [0.05, 0.1) is 11.4 Å². The Morgan fingerprint density at radius 2 is 1.78 bits per heavy atom. The molecule has 0 spiro atoms. The van der Waals surface area contributed by atoms with E-state index >= 15 is 0 Å². The number of carbonyl (C=O) groups excluding carboxylic acids is 1. The molecule has 188 valence electrons. The van der Waals surface area contributed by atoms with Crippen molar-refractivity contribution in [2.45, 2.75) is 45.4 Å². The van der Waals surface area contributed by atoms with Crippen LogP contribution < -0.4 is 0 Å². The fourth-order valence-corrected chi connectivity index (χ4v) is 5.20. The highest BCUT2D eigenvalue weighted by atomic mass is 19.1. The molecule has 2 aromatic carbocycles. The minimum absolute atomic E-state index is 0.0689. The van der Waals surface area contributed by atoms with Gasteiger partial charge in [0, 0.05) is 42.1 Å². The number of hydrogen-bond acceptors (Lipinski definition) is 4. The number of aromatic nitrogens is 2. The first kappa shape index (κ1) is 24.7. The van der Waals surface area contributed by atoms with Crippen LogP contribution in [0.25, 0.3) is 16.7 Å². The van der Waals surface area contributed by atoms with Crippen LogP contribution in [-0.4, -0.2) is 15.9 Å². The number of benzene rings is 2. The second-order valence-electron chi connectivity index (χ2n) is 9.47. The van der Waals surface area contributed by atoms with E-state index in [1.165, 1.54) is 24.3 Å². The van der Waals surface area contributed by atoms with E-state index in [2.05, 4.69) is 10.1 Å². The van der Waals surface area contributed by atoms with Crippen molar-refractivity contribution in [3.8, 4) is 11.1 Å². The van der Waals surface area contributed by atoms with Crippen LogP contribution >= 0.6 is 0 Å². The van der Waals surface area contributed by atoms with Gasteiger partial charge in [0.2, 0.25) is 0 Å². The third kappa shape index (κ3) is 5.26. The number of pyridine rings is 1. The summed E-state index contributed by atoms with van der Waals surface area (Å²) in [5.41, 5.74) is 5.83. The van der Waals surface area contributed by atoms with Crippen LogP contribution in [0.2, 0.25) is 0 Å². The summed E-state index contributed by atoms with van der Waals surface area (Å²) in [5.74, 6) is -1.62. The minimum atomic E-state index is -0.679. The van der Waals surface area contributed by atoms with Crippen LogP contribution in [0.5, 0.6) is 0 Å². The summed E-state index contributed by atoms with van der Waals surface area (Å²) in [6.45, 7) is 3.63. The molecule has 1 atom stereocenters. The van der Waals surface area contributed by atoms with Gasteiger partial charge in [0.25, 0.3) is 0 Å². The number of carbonyl (C=O) groups is 1. The third-order valence-electron chi connectivity index (χ3n) is 6.78. The molecule has 0 bridgehead atoms. The van der Waals surface area contributed by atoms with Crippen molar-refractivity contribution in [3.05, 3.63) is 112 Å². The number of ketones is 1. The Morgan fingerprint density at radius 3 is 2.51 bits per heavy atom. The predicted molar refractivity (Wildman–Crippen MR) is 134 cm³/mol. The first-order valence-electron chi connectivity index (χ1n) is 12.1. The van der Waals surface area contributed by atoms with Crippen molar-refractivity contribution < 1.29 is 22.5 Å². The van der Waals surface area contributed by atoms with Crippen LogP contribution in [0.1, 0.15) is 52.6 Å². The molecule has 0 N–H and O–H groups in total.